The largest absolute Gasteiger partial charge is 0.478 e. The van der Waals surface area contributed by atoms with E-state index in [2.05, 4.69) is 5.32 Å². The van der Waals surface area contributed by atoms with Gasteiger partial charge in [-0.25, -0.2) is 4.39 Å². The standard InChI is InChI=1S/C15H14F2N2O2/c1-9(21-13-7-3-6-12(16)14(13)17)15(20)19-11-5-2-4-10(18)8-11/h2-9H,18H2,1H3,(H,19,20). The smallest absolute Gasteiger partial charge is 0.265 e. The zero-order chi connectivity index (χ0) is 15.4. The molecule has 0 aromatic heterocycles. The van der Waals surface area contributed by atoms with E-state index in [1.807, 2.05) is 0 Å². The minimum absolute atomic E-state index is 0.315. The molecule has 2 aromatic carbocycles. The first-order chi connectivity index (χ1) is 9.97. The first-order valence-electron chi connectivity index (χ1n) is 6.24. The number of hydrogen-bond acceptors (Lipinski definition) is 3. The summed E-state index contributed by atoms with van der Waals surface area (Å²) in [7, 11) is 0. The molecule has 1 amide bonds. The van der Waals surface area contributed by atoms with E-state index in [9.17, 15) is 13.6 Å². The van der Waals surface area contributed by atoms with Crippen molar-refractivity contribution in [2.75, 3.05) is 11.1 Å². The Labute approximate surface area is 120 Å². The molecule has 0 bridgehead atoms. The molecule has 0 aliphatic carbocycles. The number of nitrogen functional groups attached to an aromatic ring is 1. The van der Waals surface area contributed by atoms with Crippen molar-refractivity contribution in [2.45, 2.75) is 13.0 Å². The average molecular weight is 292 g/mol. The number of nitrogens with two attached hydrogens (primary N) is 1. The predicted octanol–water partition coefficient (Wildman–Crippen LogP) is 2.95. The maximum Gasteiger partial charge on any atom is 0.265 e. The van der Waals surface area contributed by atoms with E-state index in [1.165, 1.54) is 19.1 Å². The molecule has 0 aliphatic rings. The Balaban J connectivity index is 2.04. The van der Waals surface area contributed by atoms with Crippen LogP contribution in [0.4, 0.5) is 20.2 Å². The highest BCUT2D eigenvalue weighted by atomic mass is 19.2. The fourth-order valence-electron chi connectivity index (χ4n) is 1.68. The van der Waals surface area contributed by atoms with Gasteiger partial charge in [0.25, 0.3) is 5.91 Å². The van der Waals surface area contributed by atoms with Gasteiger partial charge >= 0.3 is 0 Å². The number of halogens is 2. The molecule has 110 valence electrons. The van der Waals surface area contributed by atoms with Gasteiger partial charge in [-0.3, -0.25) is 4.79 Å². The second-order valence-electron chi connectivity index (χ2n) is 4.43. The molecule has 0 aliphatic heterocycles. The van der Waals surface area contributed by atoms with E-state index >= 15 is 0 Å². The number of nitrogens with one attached hydrogen (secondary N) is 1. The van der Waals surface area contributed by atoms with Gasteiger partial charge in [0.2, 0.25) is 5.82 Å². The summed E-state index contributed by atoms with van der Waals surface area (Å²) in [6.07, 6.45) is -0.997. The number of amides is 1. The van der Waals surface area contributed by atoms with Gasteiger partial charge in [0.15, 0.2) is 17.7 Å². The summed E-state index contributed by atoms with van der Waals surface area (Å²) in [5, 5.41) is 2.58. The molecule has 0 fully saturated rings. The first-order valence-corrected chi connectivity index (χ1v) is 6.24. The van der Waals surface area contributed by atoms with Crippen molar-refractivity contribution in [3.8, 4) is 5.75 Å². The quantitative estimate of drug-likeness (QED) is 0.852. The summed E-state index contributed by atoms with van der Waals surface area (Å²) in [6, 6.07) is 10.1. The van der Waals surface area contributed by atoms with Crippen molar-refractivity contribution in [3.05, 3.63) is 54.1 Å². The number of carbonyl (C=O) groups excluding carboxylic acids is 1. The van der Waals surface area contributed by atoms with E-state index < -0.39 is 23.6 Å². The van der Waals surface area contributed by atoms with Gasteiger partial charge in [0.1, 0.15) is 0 Å². The Morgan fingerprint density at radius 2 is 1.95 bits per heavy atom. The van der Waals surface area contributed by atoms with Crippen LogP contribution in [0.3, 0.4) is 0 Å². The van der Waals surface area contributed by atoms with E-state index in [0.29, 0.717) is 11.4 Å². The molecule has 0 saturated carbocycles. The van der Waals surface area contributed by atoms with Gasteiger partial charge in [0, 0.05) is 11.4 Å². The lowest BCUT2D eigenvalue weighted by atomic mass is 10.2. The van der Waals surface area contributed by atoms with Gasteiger partial charge in [-0.05, 0) is 37.3 Å². The average Bonchev–Trinajstić information content (AvgIpc) is 2.44. The Morgan fingerprint density at radius 3 is 2.67 bits per heavy atom. The lowest BCUT2D eigenvalue weighted by Gasteiger charge is -2.15. The Kier molecular flexibility index (Phi) is 4.37. The van der Waals surface area contributed by atoms with Crippen LogP contribution in [0.2, 0.25) is 0 Å². The molecule has 1 atom stereocenters. The fraction of sp³-hybridized carbons (Fsp3) is 0.133. The number of benzene rings is 2. The van der Waals surface area contributed by atoms with Gasteiger partial charge in [-0.1, -0.05) is 12.1 Å². The SMILES string of the molecule is CC(Oc1cccc(F)c1F)C(=O)Nc1cccc(N)c1. The molecule has 0 radical (unpaired) electrons. The first kappa shape index (κ1) is 14.8. The molecular weight excluding hydrogens is 278 g/mol. The lowest BCUT2D eigenvalue weighted by molar-refractivity contribution is -0.122. The number of anilines is 2. The van der Waals surface area contributed by atoms with Crippen LogP contribution in [0.15, 0.2) is 42.5 Å². The highest BCUT2D eigenvalue weighted by molar-refractivity contribution is 5.94. The maximum absolute atomic E-state index is 13.5. The molecule has 0 saturated heterocycles. The van der Waals surface area contributed by atoms with Crippen molar-refractivity contribution in [2.24, 2.45) is 0 Å². The Hall–Kier alpha value is -2.63. The zero-order valence-electron chi connectivity index (χ0n) is 11.3. The minimum Gasteiger partial charge on any atom is -0.478 e. The molecule has 2 aromatic rings. The normalized spacial score (nSPS) is 11.8. The van der Waals surface area contributed by atoms with Gasteiger partial charge < -0.3 is 15.8 Å². The van der Waals surface area contributed by atoms with Crippen LogP contribution < -0.4 is 15.8 Å². The van der Waals surface area contributed by atoms with Gasteiger partial charge in [0.05, 0.1) is 0 Å². The number of carbonyl (C=O) groups is 1. The van der Waals surface area contributed by atoms with Crippen LogP contribution in [-0.4, -0.2) is 12.0 Å². The number of hydrogen-bond donors (Lipinski definition) is 2. The van der Waals surface area contributed by atoms with E-state index in [1.54, 1.807) is 24.3 Å². The topological polar surface area (TPSA) is 64.3 Å². The highest BCUT2D eigenvalue weighted by Crippen LogP contribution is 2.21. The second-order valence-corrected chi connectivity index (χ2v) is 4.43. The molecule has 0 heterocycles. The molecule has 1 unspecified atom stereocenters. The third kappa shape index (κ3) is 3.68. The van der Waals surface area contributed by atoms with Crippen molar-refractivity contribution in [1.29, 1.82) is 0 Å². The fourth-order valence-corrected chi connectivity index (χ4v) is 1.68. The molecule has 3 N–H and O–H groups in total. The van der Waals surface area contributed by atoms with Crippen LogP contribution >= 0.6 is 0 Å². The summed E-state index contributed by atoms with van der Waals surface area (Å²) < 4.78 is 31.6. The summed E-state index contributed by atoms with van der Waals surface area (Å²) in [5.41, 5.74) is 6.59. The molecule has 6 heteroatoms. The van der Waals surface area contributed by atoms with Crippen molar-refractivity contribution >= 4 is 17.3 Å². The summed E-state index contributed by atoms with van der Waals surface area (Å²) >= 11 is 0. The van der Waals surface area contributed by atoms with Crippen LogP contribution in [0.5, 0.6) is 5.75 Å². The van der Waals surface area contributed by atoms with Crippen molar-refractivity contribution in [3.63, 3.8) is 0 Å². The van der Waals surface area contributed by atoms with Crippen LogP contribution in [0.25, 0.3) is 0 Å². The Morgan fingerprint density at radius 1 is 1.24 bits per heavy atom. The molecule has 2 rings (SSSR count). The third-order valence-corrected chi connectivity index (χ3v) is 2.74. The number of ether oxygens (including phenoxy) is 1. The highest BCUT2D eigenvalue weighted by Gasteiger charge is 2.18. The second kappa shape index (κ2) is 6.21. The molecule has 4 nitrogen and oxygen atoms in total. The van der Waals surface area contributed by atoms with E-state index in [0.717, 1.165) is 6.07 Å². The summed E-state index contributed by atoms with van der Waals surface area (Å²) in [5.74, 6) is -2.97. The third-order valence-electron chi connectivity index (χ3n) is 2.74. The van der Waals surface area contributed by atoms with E-state index in [4.69, 9.17) is 10.5 Å². The molecule has 0 spiro atoms. The lowest BCUT2D eigenvalue weighted by Crippen LogP contribution is -2.30. The van der Waals surface area contributed by atoms with Crippen LogP contribution in [-0.2, 0) is 4.79 Å². The predicted molar refractivity (Wildman–Crippen MR) is 75.9 cm³/mol. The van der Waals surface area contributed by atoms with Crippen LogP contribution in [0.1, 0.15) is 6.92 Å². The zero-order valence-corrected chi connectivity index (χ0v) is 11.3. The van der Waals surface area contributed by atoms with Gasteiger partial charge in [-0.2, -0.15) is 4.39 Å². The molecule has 21 heavy (non-hydrogen) atoms. The summed E-state index contributed by atoms with van der Waals surface area (Å²) in [4.78, 5) is 11.9. The van der Waals surface area contributed by atoms with Crippen molar-refractivity contribution < 1.29 is 18.3 Å². The summed E-state index contributed by atoms with van der Waals surface area (Å²) in [6.45, 7) is 1.44. The van der Waals surface area contributed by atoms with Crippen molar-refractivity contribution in [1.82, 2.24) is 0 Å². The van der Waals surface area contributed by atoms with E-state index in [-0.39, 0.29) is 5.75 Å². The Bertz CT molecular complexity index is 662. The number of rotatable bonds is 4. The van der Waals surface area contributed by atoms with Gasteiger partial charge in [-0.15, -0.1) is 0 Å². The minimum atomic E-state index is -1.12. The monoisotopic (exact) mass is 292 g/mol. The molecular formula is C15H14F2N2O2. The van der Waals surface area contributed by atoms with Crippen LogP contribution in [0, 0.1) is 11.6 Å². The maximum atomic E-state index is 13.5.